The summed E-state index contributed by atoms with van der Waals surface area (Å²) in [5, 5.41) is 12.9. The maximum Gasteiger partial charge on any atom is 0.0766 e. The number of rotatable bonds is 6. The van der Waals surface area contributed by atoms with Crippen LogP contribution in [0.1, 0.15) is 20.8 Å². The van der Waals surface area contributed by atoms with Gasteiger partial charge in [0.2, 0.25) is 0 Å². The molecule has 0 heterocycles. The monoisotopic (exact) mass is 175 g/mol. The maximum atomic E-state index is 9.79. The Hall–Kier alpha value is -0.120. The predicted octanol–water partition coefficient (Wildman–Crippen LogP) is 0.629. The fourth-order valence-electron chi connectivity index (χ4n) is 0.720. The minimum absolute atomic E-state index is 0.271. The van der Waals surface area contributed by atoms with Crippen LogP contribution in [0.2, 0.25) is 0 Å². The van der Waals surface area contributed by atoms with Crippen molar-refractivity contribution >= 4 is 0 Å². The molecule has 0 rings (SSSR count). The summed E-state index contributed by atoms with van der Waals surface area (Å²) in [4.78, 5) is 0. The molecule has 12 heavy (non-hydrogen) atoms. The predicted molar refractivity (Wildman–Crippen MR) is 50.2 cm³/mol. The second kappa shape index (κ2) is 5.51. The van der Waals surface area contributed by atoms with Gasteiger partial charge in [0, 0.05) is 20.2 Å². The van der Waals surface area contributed by atoms with Crippen LogP contribution in [0.4, 0.5) is 0 Å². The Morgan fingerprint density at radius 2 is 2.08 bits per heavy atom. The van der Waals surface area contributed by atoms with Gasteiger partial charge in [-0.3, -0.25) is 0 Å². The van der Waals surface area contributed by atoms with Crippen LogP contribution in [-0.4, -0.2) is 37.5 Å². The highest BCUT2D eigenvalue weighted by Crippen LogP contribution is 2.13. The molecule has 1 atom stereocenters. The Morgan fingerprint density at radius 1 is 1.50 bits per heavy atom. The van der Waals surface area contributed by atoms with E-state index >= 15 is 0 Å². The zero-order valence-corrected chi connectivity index (χ0v) is 8.55. The highest BCUT2D eigenvalue weighted by atomic mass is 16.5. The first-order chi connectivity index (χ1) is 5.50. The maximum absolute atomic E-state index is 9.79. The number of ether oxygens (including phenoxy) is 1. The molecule has 0 spiro atoms. The second-order valence-electron chi connectivity index (χ2n) is 3.68. The normalized spacial score (nSPS) is 16.5. The van der Waals surface area contributed by atoms with Gasteiger partial charge in [0.1, 0.15) is 0 Å². The minimum Gasteiger partial charge on any atom is -0.389 e. The number of aliphatic hydroxyl groups is 1. The lowest BCUT2D eigenvalue weighted by Crippen LogP contribution is -2.43. The summed E-state index contributed by atoms with van der Waals surface area (Å²) in [6, 6.07) is 0. The summed E-state index contributed by atoms with van der Waals surface area (Å²) in [6.45, 7) is 7.97. The van der Waals surface area contributed by atoms with Crippen LogP contribution in [0.5, 0.6) is 0 Å². The van der Waals surface area contributed by atoms with Crippen LogP contribution in [0, 0.1) is 5.92 Å². The number of hydrogen-bond acceptors (Lipinski definition) is 3. The lowest BCUT2D eigenvalue weighted by Gasteiger charge is -2.27. The van der Waals surface area contributed by atoms with Gasteiger partial charge in [-0.1, -0.05) is 13.8 Å². The Morgan fingerprint density at radius 3 is 2.50 bits per heavy atom. The van der Waals surface area contributed by atoms with E-state index in [0.29, 0.717) is 13.2 Å². The van der Waals surface area contributed by atoms with Gasteiger partial charge in [0.05, 0.1) is 12.2 Å². The quantitative estimate of drug-likeness (QED) is 0.582. The molecule has 0 saturated heterocycles. The molecule has 0 aliphatic heterocycles. The summed E-state index contributed by atoms with van der Waals surface area (Å²) in [7, 11) is 1.67. The van der Waals surface area contributed by atoms with E-state index < -0.39 is 5.60 Å². The Balaban J connectivity index is 3.47. The van der Waals surface area contributed by atoms with Crippen molar-refractivity contribution < 1.29 is 9.84 Å². The van der Waals surface area contributed by atoms with Gasteiger partial charge in [-0.25, -0.2) is 0 Å². The molecular formula is C9H21NO2. The van der Waals surface area contributed by atoms with E-state index in [1.807, 2.05) is 20.8 Å². The first kappa shape index (κ1) is 11.9. The zero-order chi connectivity index (χ0) is 9.61. The van der Waals surface area contributed by atoms with Crippen LogP contribution in [0.15, 0.2) is 0 Å². The molecule has 0 aromatic heterocycles. The minimum atomic E-state index is -0.617. The lowest BCUT2D eigenvalue weighted by atomic mass is 9.93. The van der Waals surface area contributed by atoms with Gasteiger partial charge >= 0.3 is 0 Å². The molecule has 0 radical (unpaired) electrons. The lowest BCUT2D eigenvalue weighted by molar-refractivity contribution is 0.0131. The molecule has 3 heteroatoms. The van der Waals surface area contributed by atoms with Crippen molar-refractivity contribution in [1.82, 2.24) is 5.32 Å². The molecule has 0 saturated carbocycles. The summed E-state index contributed by atoms with van der Waals surface area (Å²) in [6.07, 6.45) is 0. The molecule has 0 aliphatic rings. The Bertz CT molecular complexity index is 113. The molecule has 0 aromatic carbocycles. The molecule has 74 valence electrons. The fourth-order valence-corrected chi connectivity index (χ4v) is 0.720. The van der Waals surface area contributed by atoms with E-state index in [-0.39, 0.29) is 5.92 Å². The fraction of sp³-hybridized carbons (Fsp3) is 1.00. The van der Waals surface area contributed by atoms with Crippen molar-refractivity contribution in [2.24, 2.45) is 5.92 Å². The van der Waals surface area contributed by atoms with Gasteiger partial charge in [-0.2, -0.15) is 0 Å². The van der Waals surface area contributed by atoms with E-state index in [4.69, 9.17) is 4.74 Å². The largest absolute Gasteiger partial charge is 0.389 e. The molecule has 0 bridgehead atoms. The van der Waals surface area contributed by atoms with Crippen LogP contribution in [0.25, 0.3) is 0 Å². The molecule has 2 N–H and O–H groups in total. The van der Waals surface area contributed by atoms with Gasteiger partial charge in [-0.15, -0.1) is 0 Å². The first-order valence-corrected chi connectivity index (χ1v) is 4.42. The van der Waals surface area contributed by atoms with Crippen molar-refractivity contribution in [3.8, 4) is 0 Å². The van der Waals surface area contributed by atoms with E-state index in [2.05, 4.69) is 5.32 Å². The average Bonchev–Trinajstić information content (AvgIpc) is 1.98. The van der Waals surface area contributed by atoms with Crippen LogP contribution >= 0.6 is 0 Å². The highest BCUT2D eigenvalue weighted by molar-refractivity contribution is 4.78. The number of hydrogen-bond donors (Lipinski definition) is 2. The van der Waals surface area contributed by atoms with Crippen molar-refractivity contribution in [1.29, 1.82) is 0 Å². The third kappa shape index (κ3) is 4.70. The number of methoxy groups -OCH3 is 1. The Labute approximate surface area is 75.1 Å². The summed E-state index contributed by atoms with van der Waals surface area (Å²) in [5.41, 5.74) is -0.617. The highest BCUT2D eigenvalue weighted by Gasteiger charge is 2.23. The van der Waals surface area contributed by atoms with E-state index in [0.717, 1.165) is 6.54 Å². The summed E-state index contributed by atoms with van der Waals surface area (Å²) in [5.74, 6) is 0.271. The first-order valence-electron chi connectivity index (χ1n) is 4.42. The smallest absolute Gasteiger partial charge is 0.0766 e. The van der Waals surface area contributed by atoms with Crippen molar-refractivity contribution in [2.45, 2.75) is 26.4 Å². The molecular weight excluding hydrogens is 154 g/mol. The van der Waals surface area contributed by atoms with E-state index in [1.54, 1.807) is 7.11 Å². The molecule has 0 fully saturated rings. The molecule has 0 aromatic rings. The van der Waals surface area contributed by atoms with Gasteiger partial charge in [-0.05, 0) is 12.8 Å². The van der Waals surface area contributed by atoms with Crippen LogP contribution < -0.4 is 5.32 Å². The second-order valence-corrected chi connectivity index (χ2v) is 3.68. The van der Waals surface area contributed by atoms with Crippen molar-refractivity contribution in [3.63, 3.8) is 0 Å². The summed E-state index contributed by atoms with van der Waals surface area (Å²) < 4.78 is 4.87. The molecule has 0 amide bonds. The molecule has 0 aliphatic carbocycles. The SMILES string of the molecule is COCCNCC(C)(O)C(C)C. The standard InChI is InChI=1S/C9H21NO2/c1-8(2)9(3,11)7-10-5-6-12-4/h8,10-11H,5-7H2,1-4H3. The Kier molecular flexibility index (Phi) is 5.46. The van der Waals surface area contributed by atoms with Crippen LogP contribution in [-0.2, 0) is 4.74 Å². The zero-order valence-electron chi connectivity index (χ0n) is 8.55. The third-order valence-electron chi connectivity index (χ3n) is 2.21. The van der Waals surface area contributed by atoms with Crippen molar-refractivity contribution in [2.75, 3.05) is 26.8 Å². The van der Waals surface area contributed by atoms with E-state index in [9.17, 15) is 5.11 Å². The topological polar surface area (TPSA) is 41.5 Å². The van der Waals surface area contributed by atoms with Gasteiger partial charge in [0.25, 0.3) is 0 Å². The van der Waals surface area contributed by atoms with E-state index in [1.165, 1.54) is 0 Å². The van der Waals surface area contributed by atoms with Gasteiger partial charge < -0.3 is 15.2 Å². The average molecular weight is 175 g/mol. The number of nitrogens with one attached hydrogen (secondary N) is 1. The molecule has 1 unspecified atom stereocenters. The van der Waals surface area contributed by atoms with Gasteiger partial charge in [0.15, 0.2) is 0 Å². The molecule has 3 nitrogen and oxygen atoms in total. The van der Waals surface area contributed by atoms with Crippen molar-refractivity contribution in [3.05, 3.63) is 0 Å². The van der Waals surface area contributed by atoms with Crippen LogP contribution in [0.3, 0.4) is 0 Å². The summed E-state index contributed by atoms with van der Waals surface area (Å²) >= 11 is 0. The third-order valence-corrected chi connectivity index (χ3v) is 2.21.